The predicted octanol–water partition coefficient (Wildman–Crippen LogP) is 4.16. The Morgan fingerprint density at radius 3 is 1.49 bits per heavy atom. The normalized spacial score (nSPS) is 12.2. The molecule has 0 radical (unpaired) electrons. The van der Waals surface area contributed by atoms with Gasteiger partial charge >= 0.3 is 0 Å². The van der Waals surface area contributed by atoms with Crippen LogP contribution in [0.25, 0.3) is 0 Å². The average Bonchev–Trinajstić information content (AvgIpc) is 2.94. The molecule has 0 aliphatic carbocycles. The van der Waals surface area contributed by atoms with Gasteiger partial charge in [-0.05, 0) is 30.5 Å². The van der Waals surface area contributed by atoms with E-state index in [1.807, 2.05) is 12.1 Å². The molecule has 1 atom stereocenters. The highest BCUT2D eigenvalue weighted by Crippen LogP contribution is 2.16. The number of unbranched alkanes of at least 4 members (excludes halogenated alkanes) is 7. The van der Waals surface area contributed by atoms with E-state index in [0.717, 1.165) is 6.42 Å². The van der Waals surface area contributed by atoms with Crippen molar-refractivity contribution in [1.82, 2.24) is 0 Å². The summed E-state index contributed by atoms with van der Waals surface area (Å²) < 4.78 is 37.7. The topological polar surface area (TPSA) is 105 Å². The van der Waals surface area contributed by atoms with Crippen LogP contribution in [-0.4, -0.2) is 102 Å². The van der Waals surface area contributed by atoms with Crippen LogP contribution in [-0.2, 0) is 34.8 Å². The van der Waals surface area contributed by atoms with Gasteiger partial charge in [-0.25, -0.2) is 0 Å². The van der Waals surface area contributed by atoms with Crippen molar-refractivity contribution < 1.29 is 43.4 Å². The molecule has 0 bridgehead atoms. The minimum atomic E-state index is -1.02. The Balaban J connectivity index is 1.86. The van der Waals surface area contributed by atoms with Crippen molar-refractivity contribution in [2.24, 2.45) is 0 Å². The van der Waals surface area contributed by atoms with Gasteiger partial charge in [0, 0.05) is 0 Å². The van der Waals surface area contributed by atoms with Gasteiger partial charge in [0.25, 0.3) is 0 Å². The van der Waals surface area contributed by atoms with E-state index in [0.29, 0.717) is 78.4 Å². The number of hydrogen-bond donors (Lipinski definition) is 2. The van der Waals surface area contributed by atoms with Crippen LogP contribution in [0.3, 0.4) is 0 Å². The zero-order valence-electron chi connectivity index (χ0n) is 24.2. The maximum absolute atomic E-state index is 10.0. The lowest BCUT2D eigenvalue weighted by Gasteiger charge is -2.14. The molecule has 0 saturated heterocycles. The van der Waals surface area contributed by atoms with E-state index in [9.17, 15) is 5.11 Å². The molecule has 0 spiro atoms. The molecule has 0 fully saturated rings. The summed E-state index contributed by atoms with van der Waals surface area (Å²) in [6, 6.07) is 7.95. The minimum absolute atomic E-state index is 0.0246. The highest BCUT2D eigenvalue weighted by molar-refractivity contribution is 5.27. The van der Waals surface area contributed by atoms with Crippen molar-refractivity contribution in [3.8, 4) is 5.75 Å². The van der Waals surface area contributed by atoms with Crippen LogP contribution in [0.15, 0.2) is 24.3 Å². The lowest BCUT2D eigenvalue weighted by atomic mass is 10.0. The fourth-order valence-electron chi connectivity index (χ4n) is 3.74. The van der Waals surface area contributed by atoms with Crippen LogP contribution < -0.4 is 4.74 Å². The monoisotopic (exact) mass is 558 g/mol. The maximum Gasteiger partial charge on any atom is 0.221 e. The molecule has 1 aromatic carbocycles. The molecule has 0 amide bonds. The molecule has 9 nitrogen and oxygen atoms in total. The number of ether oxygens (including phenoxy) is 7. The first-order valence-corrected chi connectivity index (χ1v) is 14.8. The standard InChI is InChI=1S/C30H54O9/c1-2-3-4-5-6-7-8-9-10-28-11-13-29(14-12-28)39-30(32)27-38-26-25-37-24-23-36-22-21-35-20-19-34-18-17-33-16-15-31/h11-14,30-32H,2-10,15-27H2,1H3. The van der Waals surface area contributed by atoms with Gasteiger partial charge in [0.05, 0.1) is 79.3 Å². The molecule has 39 heavy (non-hydrogen) atoms. The molecule has 0 aliphatic heterocycles. The summed E-state index contributed by atoms with van der Waals surface area (Å²) in [5, 5.41) is 18.6. The van der Waals surface area contributed by atoms with Crippen LogP contribution in [0.2, 0.25) is 0 Å². The van der Waals surface area contributed by atoms with Crippen molar-refractivity contribution in [2.75, 3.05) is 85.9 Å². The zero-order valence-corrected chi connectivity index (χ0v) is 24.2. The van der Waals surface area contributed by atoms with Crippen LogP contribution in [0.5, 0.6) is 5.75 Å². The Labute approximate surface area is 236 Å². The zero-order chi connectivity index (χ0) is 28.1. The summed E-state index contributed by atoms with van der Waals surface area (Å²) in [6.07, 6.45) is 10.7. The van der Waals surface area contributed by atoms with Gasteiger partial charge in [-0.2, -0.15) is 0 Å². The SMILES string of the molecule is CCCCCCCCCCc1ccc(OC(O)COCCOCCOCCOCCOCCOCCO)cc1. The summed E-state index contributed by atoms with van der Waals surface area (Å²) in [4.78, 5) is 0. The van der Waals surface area contributed by atoms with Gasteiger partial charge in [0.2, 0.25) is 6.29 Å². The Morgan fingerprint density at radius 1 is 0.564 bits per heavy atom. The second kappa shape index (κ2) is 28.2. The van der Waals surface area contributed by atoms with Crippen LogP contribution >= 0.6 is 0 Å². The first-order chi connectivity index (χ1) is 19.3. The van der Waals surface area contributed by atoms with Crippen LogP contribution in [0, 0.1) is 0 Å². The molecular formula is C30H54O9. The van der Waals surface area contributed by atoms with E-state index in [1.165, 1.54) is 56.9 Å². The molecule has 0 aliphatic rings. The van der Waals surface area contributed by atoms with Crippen molar-refractivity contribution in [3.63, 3.8) is 0 Å². The van der Waals surface area contributed by atoms with E-state index in [1.54, 1.807) is 0 Å². The largest absolute Gasteiger partial charge is 0.463 e. The summed E-state index contributed by atoms with van der Waals surface area (Å²) in [5.41, 5.74) is 1.30. The highest BCUT2D eigenvalue weighted by Gasteiger charge is 2.06. The van der Waals surface area contributed by atoms with Gasteiger partial charge in [-0.1, -0.05) is 64.0 Å². The second-order valence-electron chi connectivity index (χ2n) is 9.30. The third-order valence-corrected chi connectivity index (χ3v) is 5.87. The number of rotatable bonds is 30. The van der Waals surface area contributed by atoms with Gasteiger partial charge in [-0.3, -0.25) is 0 Å². The average molecular weight is 559 g/mol. The van der Waals surface area contributed by atoms with Crippen molar-refractivity contribution in [3.05, 3.63) is 29.8 Å². The van der Waals surface area contributed by atoms with Crippen molar-refractivity contribution in [2.45, 2.75) is 71.0 Å². The van der Waals surface area contributed by atoms with Crippen LogP contribution in [0.4, 0.5) is 0 Å². The number of hydrogen-bond acceptors (Lipinski definition) is 9. The third-order valence-electron chi connectivity index (χ3n) is 5.87. The van der Waals surface area contributed by atoms with E-state index in [2.05, 4.69) is 19.1 Å². The van der Waals surface area contributed by atoms with E-state index >= 15 is 0 Å². The third kappa shape index (κ3) is 24.2. The van der Waals surface area contributed by atoms with Crippen molar-refractivity contribution in [1.29, 1.82) is 0 Å². The second-order valence-corrected chi connectivity index (χ2v) is 9.30. The fraction of sp³-hybridized carbons (Fsp3) is 0.800. The first-order valence-electron chi connectivity index (χ1n) is 14.8. The van der Waals surface area contributed by atoms with E-state index in [4.69, 9.17) is 38.3 Å². The lowest BCUT2D eigenvalue weighted by molar-refractivity contribution is -0.0860. The molecular weight excluding hydrogens is 504 g/mol. The smallest absolute Gasteiger partial charge is 0.221 e. The summed E-state index contributed by atoms with van der Waals surface area (Å²) >= 11 is 0. The van der Waals surface area contributed by atoms with Gasteiger partial charge < -0.3 is 43.4 Å². The van der Waals surface area contributed by atoms with E-state index < -0.39 is 6.29 Å². The van der Waals surface area contributed by atoms with Crippen LogP contribution in [0.1, 0.15) is 63.9 Å². The Kier molecular flexibility index (Phi) is 25.9. The first kappa shape index (κ1) is 35.7. The Bertz CT molecular complexity index is 615. The maximum atomic E-state index is 10.0. The molecule has 0 saturated carbocycles. The van der Waals surface area contributed by atoms with E-state index in [-0.39, 0.29) is 13.2 Å². The molecule has 1 rings (SSSR count). The van der Waals surface area contributed by atoms with Crippen molar-refractivity contribution >= 4 is 0 Å². The Hall–Kier alpha value is -1.30. The van der Waals surface area contributed by atoms with Gasteiger partial charge in [-0.15, -0.1) is 0 Å². The fourth-order valence-corrected chi connectivity index (χ4v) is 3.74. The quantitative estimate of drug-likeness (QED) is 0.106. The molecule has 1 aromatic rings. The number of aliphatic hydroxyl groups is 2. The molecule has 0 heterocycles. The lowest BCUT2D eigenvalue weighted by Crippen LogP contribution is -2.23. The summed E-state index contributed by atoms with van der Waals surface area (Å²) in [6.45, 7) is 7.35. The minimum Gasteiger partial charge on any atom is -0.463 e. The highest BCUT2D eigenvalue weighted by atomic mass is 16.6. The summed E-state index contributed by atoms with van der Waals surface area (Å²) in [7, 11) is 0. The Morgan fingerprint density at radius 2 is 1.00 bits per heavy atom. The molecule has 1 unspecified atom stereocenters. The molecule has 9 heteroatoms. The molecule has 0 aromatic heterocycles. The molecule has 228 valence electrons. The predicted molar refractivity (Wildman–Crippen MR) is 151 cm³/mol. The number of benzene rings is 1. The van der Waals surface area contributed by atoms with Gasteiger partial charge in [0.1, 0.15) is 12.4 Å². The summed E-state index contributed by atoms with van der Waals surface area (Å²) in [5.74, 6) is 0.638. The number of aliphatic hydroxyl groups excluding tert-OH is 2. The molecule has 2 N–H and O–H groups in total. The van der Waals surface area contributed by atoms with Gasteiger partial charge in [0.15, 0.2) is 0 Å². The number of aryl methyl sites for hydroxylation is 1.